The van der Waals surface area contributed by atoms with E-state index in [1.807, 2.05) is 62.4 Å². The van der Waals surface area contributed by atoms with Gasteiger partial charge in [-0.3, -0.25) is 0 Å². The van der Waals surface area contributed by atoms with Crippen molar-refractivity contribution in [1.29, 1.82) is 0 Å². The van der Waals surface area contributed by atoms with E-state index in [1.54, 1.807) is 84.4 Å². The molecule has 0 radical (unpaired) electrons. The average Bonchev–Trinajstić information content (AvgIpc) is 3.42. The molecule has 0 saturated heterocycles. The molecule has 88 heavy (non-hydrogen) atoms. The van der Waals surface area contributed by atoms with Crippen LogP contribution in [0, 0.1) is 0 Å². The molecule has 0 saturated carbocycles. The average molecular weight is 1340 g/mol. The second kappa shape index (κ2) is 83.8. The van der Waals surface area contributed by atoms with Gasteiger partial charge in [-0.15, -0.1) is 0 Å². The molecule has 4 amide bonds. The standard InChI is InChI=1S/C12H26N2O2.C11H24N2O2.C9H19NO2.C8H17NO3.C5H12O.C4H7ClO2.C4H11N.C3H9N.C3H8O.C2H6.CH3ClO2S/c1-6-14(7-2)10-8-9-13(5)12(15)16-11(3)4;1-6-12(4)8-7-9-13(5)11(14)15-10(2)3;1-5-6-7-10(4)9(11)12-8(2)3;1-7(2)12-8(11)9(3)5-4-6-10;1-2-3-4-5-6;1-3(2)7-4(5)6;1-3-5-4-2;1-3-4-2;1-3(2)4;1-2;1-5(2,3)4/h11H,6-10H2,1-5H3;10H,6-9H2,1-5H3;8H,5-7H2,1-4H3;7,10H,4-6H2,1-3H3;6H,2-5H2,1H3;3H,1-2H3;5H,3-4H2,1-2H3;4H,3H2,1-2H3;3-4H,1-2H3;1-2H3;1H3. The number of carbonyl (C=O) groups is 5. The van der Waals surface area contributed by atoms with E-state index in [2.05, 4.69) is 98.3 Å². The maximum absolute atomic E-state index is 11.5. The number of unbranched alkanes of at least 4 members (excludes halogenated alkanes) is 3. The van der Waals surface area contributed by atoms with Crippen LogP contribution in [0.25, 0.3) is 0 Å². The molecule has 0 heterocycles. The van der Waals surface area contributed by atoms with Crippen molar-refractivity contribution in [2.75, 3.05) is 140 Å². The van der Waals surface area contributed by atoms with Gasteiger partial charge in [-0.05, 0) is 182 Å². The first kappa shape index (κ1) is 109. The monoisotopic (exact) mass is 1340 g/mol. The highest BCUT2D eigenvalue weighted by Crippen LogP contribution is 2.02. The molecule has 0 aromatic rings. The molecule has 5 N–H and O–H groups in total. The van der Waals surface area contributed by atoms with Gasteiger partial charge in [0.05, 0.1) is 36.8 Å². The lowest BCUT2D eigenvalue weighted by atomic mass is 10.3. The van der Waals surface area contributed by atoms with Crippen LogP contribution in [0.2, 0.25) is 0 Å². The molecule has 0 rings (SSSR count). The van der Waals surface area contributed by atoms with Gasteiger partial charge in [-0.2, -0.15) is 0 Å². The smallest absolute Gasteiger partial charge is 0.409 e. The van der Waals surface area contributed by atoms with E-state index in [1.165, 1.54) is 11.3 Å². The van der Waals surface area contributed by atoms with E-state index < -0.39 is 14.5 Å². The lowest BCUT2D eigenvalue weighted by Crippen LogP contribution is -2.33. The number of amides is 4. The molecule has 0 aromatic carbocycles. The molecule has 540 valence electrons. The lowest BCUT2D eigenvalue weighted by molar-refractivity contribution is 0.0816. The van der Waals surface area contributed by atoms with E-state index in [9.17, 15) is 32.4 Å². The van der Waals surface area contributed by atoms with Crippen molar-refractivity contribution in [2.45, 2.75) is 240 Å². The first-order valence-electron chi connectivity index (χ1n) is 31.8. The predicted octanol–water partition coefficient (Wildman–Crippen LogP) is 12.5. The van der Waals surface area contributed by atoms with Crippen LogP contribution in [-0.4, -0.2) is 260 Å². The molecule has 0 aliphatic heterocycles. The molecule has 0 aromatic heterocycles. The summed E-state index contributed by atoms with van der Waals surface area (Å²) < 4.78 is 43.2. The van der Waals surface area contributed by atoms with Crippen molar-refractivity contribution in [2.24, 2.45) is 0 Å². The highest BCUT2D eigenvalue weighted by atomic mass is 35.7. The quantitative estimate of drug-likeness (QED) is 0.0277. The largest absolute Gasteiger partial charge is 0.451 e. The molecule has 0 fully saturated rings. The minimum atomic E-state index is -3.19. The van der Waals surface area contributed by atoms with Crippen LogP contribution in [0.15, 0.2) is 0 Å². The minimum absolute atomic E-state index is 0.0263. The summed E-state index contributed by atoms with van der Waals surface area (Å²) in [6.45, 7) is 54.3. The third-order valence-electron chi connectivity index (χ3n) is 9.47. The normalized spacial score (nSPS) is 9.89. The summed E-state index contributed by atoms with van der Waals surface area (Å²) in [6, 6.07) is 0. The zero-order valence-electron chi connectivity index (χ0n) is 61.6. The van der Waals surface area contributed by atoms with E-state index >= 15 is 0 Å². The van der Waals surface area contributed by atoms with Crippen LogP contribution >= 0.6 is 22.3 Å². The van der Waals surface area contributed by atoms with Crippen LogP contribution in [0.3, 0.4) is 0 Å². The number of hydrogen-bond acceptors (Lipinski definition) is 19. The van der Waals surface area contributed by atoms with Crippen molar-refractivity contribution in [3.8, 4) is 0 Å². The van der Waals surface area contributed by atoms with Crippen LogP contribution in [0.1, 0.15) is 204 Å². The number of nitrogens with zero attached hydrogens (tertiary/aromatic N) is 6. The van der Waals surface area contributed by atoms with Crippen molar-refractivity contribution in [1.82, 2.24) is 40.0 Å². The molecule has 23 nitrogen and oxygen atoms in total. The molecule has 0 unspecified atom stereocenters. The highest BCUT2D eigenvalue weighted by Gasteiger charge is 2.14. The summed E-state index contributed by atoms with van der Waals surface area (Å²) in [5, 5.41) is 30.8. The van der Waals surface area contributed by atoms with E-state index in [-0.39, 0.29) is 67.6 Å². The van der Waals surface area contributed by atoms with Gasteiger partial charge in [0.25, 0.3) is 0 Å². The minimum Gasteiger partial charge on any atom is -0.451 e. The van der Waals surface area contributed by atoms with Gasteiger partial charge in [0.1, 0.15) is 0 Å². The zero-order chi connectivity index (χ0) is 71.8. The van der Waals surface area contributed by atoms with Crippen molar-refractivity contribution >= 4 is 61.1 Å². The maximum Gasteiger partial charge on any atom is 0.409 e. The number of halogens is 2. The Morgan fingerprint density at radius 2 is 0.716 bits per heavy atom. The molecule has 0 spiro atoms. The van der Waals surface area contributed by atoms with E-state index in [4.69, 9.17) is 45.9 Å². The molecule has 0 aliphatic carbocycles. The van der Waals surface area contributed by atoms with Crippen LogP contribution in [0.5, 0.6) is 0 Å². The topological polar surface area (TPSA) is 270 Å². The van der Waals surface area contributed by atoms with E-state index in [0.717, 1.165) is 117 Å². The number of carbonyl (C=O) groups excluding carboxylic acids is 5. The molecular weight excluding hydrogens is 1200 g/mol. The van der Waals surface area contributed by atoms with Gasteiger partial charge in [0.2, 0.25) is 9.05 Å². The first-order chi connectivity index (χ1) is 40.7. The fraction of sp³-hybridized carbons (Fsp3) is 0.919. The Morgan fingerprint density at radius 3 is 0.886 bits per heavy atom. The fourth-order valence-electron chi connectivity index (χ4n) is 4.84. The number of nitrogens with one attached hydrogen (secondary N) is 2. The second-order valence-corrected chi connectivity index (χ2v) is 24.1. The maximum atomic E-state index is 11.5. The third-order valence-corrected chi connectivity index (χ3v) is 9.56. The Hall–Kier alpha value is -3.20. The van der Waals surface area contributed by atoms with Crippen LogP contribution in [0.4, 0.5) is 24.0 Å². The third kappa shape index (κ3) is 132. The number of aliphatic hydroxyl groups excluding tert-OH is 3. The Morgan fingerprint density at radius 1 is 0.455 bits per heavy atom. The number of hydrogen-bond donors (Lipinski definition) is 5. The number of aliphatic hydroxyl groups is 3. The van der Waals surface area contributed by atoms with Crippen LogP contribution in [-0.2, 0) is 32.7 Å². The fourth-order valence-corrected chi connectivity index (χ4v) is 5.02. The summed E-state index contributed by atoms with van der Waals surface area (Å²) in [4.78, 5) is 65.8. The summed E-state index contributed by atoms with van der Waals surface area (Å²) in [5.74, 6) is 0. The summed E-state index contributed by atoms with van der Waals surface area (Å²) in [5.41, 5.74) is -0.741. The summed E-state index contributed by atoms with van der Waals surface area (Å²) in [6.07, 6.45) is 7.45. The Kier molecular flexibility index (Phi) is 104. The molecule has 0 bridgehead atoms. The van der Waals surface area contributed by atoms with Gasteiger partial charge in [-0.25, -0.2) is 32.4 Å². The first-order valence-corrected chi connectivity index (χ1v) is 34.9. The van der Waals surface area contributed by atoms with Gasteiger partial charge in [-0.1, -0.05) is 88.5 Å². The number of ether oxygens (including phenoxy) is 5. The Bertz CT molecular complexity index is 1490. The highest BCUT2D eigenvalue weighted by molar-refractivity contribution is 8.13. The van der Waals surface area contributed by atoms with Gasteiger partial charge < -0.3 is 79.0 Å². The number of rotatable bonds is 28. The van der Waals surface area contributed by atoms with Gasteiger partial charge in [0.15, 0.2) is 0 Å². The summed E-state index contributed by atoms with van der Waals surface area (Å²) >= 11 is 4.81. The second-order valence-electron chi connectivity index (χ2n) is 20.8. The van der Waals surface area contributed by atoms with Crippen molar-refractivity contribution < 1.29 is 71.4 Å². The molecule has 26 heteroatoms. The van der Waals surface area contributed by atoms with Crippen molar-refractivity contribution in [3.05, 3.63) is 0 Å². The predicted molar refractivity (Wildman–Crippen MR) is 371 cm³/mol. The molecular formula is C62H142Cl2N8O15S. The SMILES string of the molecule is CC.CC(C)O.CC(C)OC(=O)Cl.CC(C)OC(=O)N(C)CCCO.CCCCCO.CCCCN(C)C(=O)OC(C)C.CCN(C)CCCN(C)C(=O)OC(C)C.CCN(CC)CCCN(C)C(=O)OC(C)C.CCNC.CCNCC.CS(=O)(=O)Cl. The van der Waals surface area contributed by atoms with Crippen LogP contribution < -0.4 is 10.6 Å². The molecule has 0 aliphatic rings. The zero-order valence-corrected chi connectivity index (χ0v) is 63.9. The Labute approximate surface area is 550 Å². The lowest BCUT2D eigenvalue weighted by Gasteiger charge is -2.21. The Balaban J connectivity index is -0.0000000859. The summed E-state index contributed by atoms with van der Waals surface area (Å²) in [7, 11) is 12.3. The van der Waals surface area contributed by atoms with E-state index in [0.29, 0.717) is 19.6 Å². The van der Waals surface area contributed by atoms with Gasteiger partial charge >= 0.3 is 29.8 Å². The van der Waals surface area contributed by atoms with Gasteiger partial charge in [0, 0.05) is 96.0 Å². The molecule has 0 atom stereocenters. The van der Waals surface area contributed by atoms with Crippen molar-refractivity contribution in [3.63, 3.8) is 0 Å².